The summed E-state index contributed by atoms with van der Waals surface area (Å²) < 4.78 is 33.0. The highest BCUT2D eigenvalue weighted by Crippen LogP contribution is 2.23. The van der Waals surface area contributed by atoms with Crippen LogP contribution in [0.1, 0.15) is 25.8 Å². The van der Waals surface area contributed by atoms with Crippen molar-refractivity contribution >= 4 is 32.5 Å². The van der Waals surface area contributed by atoms with Gasteiger partial charge in [0, 0.05) is 42.3 Å². The minimum Gasteiger partial charge on any atom is -0.373 e. The second-order valence-electron chi connectivity index (χ2n) is 8.01. The van der Waals surface area contributed by atoms with Crippen LogP contribution in [0.5, 0.6) is 0 Å². The van der Waals surface area contributed by atoms with Gasteiger partial charge < -0.3 is 15.0 Å². The van der Waals surface area contributed by atoms with E-state index in [9.17, 15) is 13.2 Å². The molecule has 1 saturated heterocycles. The smallest absolute Gasteiger partial charge is 0.243 e. The van der Waals surface area contributed by atoms with Gasteiger partial charge in [-0.1, -0.05) is 18.2 Å². The maximum Gasteiger partial charge on any atom is 0.243 e. The number of rotatable bonds is 6. The molecule has 1 aromatic heterocycles. The summed E-state index contributed by atoms with van der Waals surface area (Å²) in [6.45, 7) is 4.40. The van der Waals surface area contributed by atoms with Crippen molar-refractivity contribution in [1.82, 2.24) is 9.29 Å². The largest absolute Gasteiger partial charge is 0.373 e. The number of morpholine rings is 1. The molecule has 0 spiro atoms. The number of sulfonamides is 1. The zero-order valence-corrected chi connectivity index (χ0v) is 18.5. The van der Waals surface area contributed by atoms with Crippen LogP contribution in [0.25, 0.3) is 10.9 Å². The topological polar surface area (TPSA) is 91.5 Å². The molecular weight excluding hydrogens is 414 g/mol. The number of aromatic nitrogens is 1. The van der Waals surface area contributed by atoms with Crippen LogP contribution >= 0.6 is 0 Å². The molecule has 2 N–H and O–H groups in total. The van der Waals surface area contributed by atoms with E-state index in [1.54, 1.807) is 12.1 Å². The fourth-order valence-electron chi connectivity index (χ4n) is 4.00. The van der Waals surface area contributed by atoms with Crippen LogP contribution in [0.3, 0.4) is 0 Å². The van der Waals surface area contributed by atoms with Crippen LogP contribution in [0.15, 0.2) is 59.6 Å². The van der Waals surface area contributed by atoms with E-state index in [4.69, 9.17) is 4.74 Å². The maximum atomic E-state index is 12.9. The monoisotopic (exact) mass is 441 g/mol. The molecule has 2 atom stereocenters. The molecule has 0 radical (unpaired) electrons. The molecule has 8 heteroatoms. The lowest BCUT2D eigenvalue weighted by molar-refractivity contribution is -0.116. The number of para-hydroxylation sites is 1. The predicted octanol–water partition coefficient (Wildman–Crippen LogP) is 3.54. The van der Waals surface area contributed by atoms with E-state index < -0.39 is 10.0 Å². The number of aromatic amines is 1. The van der Waals surface area contributed by atoms with Crippen LogP contribution in [0, 0.1) is 0 Å². The van der Waals surface area contributed by atoms with Gasteiger partial charge in [-0.3, -0.25) is 4.79 Å². The zero-order valence-electron chi connectivity index (χ0n) is 17.7. The van der Waals surface area contributed by atoms with Gasteiger partial charge in [-0.05, 0) is 56.2 Å². The predicted molar refractivity (Wildman–Crippen MR) is 120 cm³/mol. The van der Waals surface area contributed by atoms with Crippen LogP contribution in [-0.2, 0) is 26.0 Å². The fourth-order valence-corrected chi connectivity index (χ4v) is 5.59. The third-order valence-corrected chi connectivity index (χ3v) is 7.30. The molecule has 1 aliphatic heterocycles. The van der Waals surface area contributed by atoms with Crippen molar-refractivity contribution in [3.05, 3.63) is 60.3 Å². The number of benzene rings is 2. The molecule has 164 valence electrons. The Balaban J connectivity index is 1.37. The summed E-state index contributed by atoms with van der Waals surface area (Å²) in [7, 11) is -3.60. The Hall–Kier alpha value is -2.68. The van der Waals surface area contributed by atoms with Gasteiger partial charge in [0.25, 0.3) is 0 Å². The van der Waals surface area contributed by atoms with Gasteiger partial charge in [0.2, 0.25) is 15.9 Å². The van der Waals surface area contributed by atoms with Crippen LogP contribution < -0.4 is 5.32 Å². The maximum absolute atomic E-state index is 12.9. The number of hydrogen-bond donors (Lipinski definition) is 2. The molecule has 2 heterocycles. The van der Waals surface area contributed by atoms with E-state index in [2.05, 4.69) is 10.3 Å². The van der Waals surface area contributed by atoms with Gasteiger partial charge in [-0.25, -0.2) is 8.42 Å². The molecule has 1 fully saturated rings. The zero-order chi connectivity index (χ0) is 22.0. The Kier molecular flexibility index (Phi) is 6.13. The molecule has 0 bridgehead atoms. The SMILES string of the molecule is CC1CN(S(=O)(=O)c2ccc(NC(=O)CCc3c[nH]c4ccccc34)cc2)CC(C)O1. The van der Waals surface area contributed by atoms with Crippen molar-refractivity contribution in [1.29, 1.82) is 0 Å². The molecule has 2 aromatic carbocycles. The normalized spacial score (nSPS) is 20.1. The average molecular weight is 442 g/mol. The molecule has 31 heavy (non-hydrogen) atoms. The molecular formula is C23H27N3O4S. The highest BCUT2D eigenvalue weighted by atomic mass is 32.2. The number of nitrogens with zero attached hydrogens (tertiary/aromatic N) is 1. The van der Waals surface area contributed by atoms with Gasteiger partial charge in [0.1, 0.15) is 0 Å². The van der Waals surface area contributed by atoms with Gasteiger partial charge in [-0.15, -0.1) is 0 Å². The van der Waals surface area contributed by atoms with Crippen LogP contribution in [-0.4, -0.2) is 48.9 Å². The quantitative estimate of drug-likeness (QED) is 0.612. The van der Waals surface area contributed by atoms with E-state index in [1.165, 1.54) is 16.4 Å². The van der Waals surface area contributed by atoms with Crippen molar-refractivity contribution in [2.75, 3.05) is 18.4 Å². The van der Waals surface area contributed by atoms with Gasteiger partial charge in [0.15, 0.2) is 0 Å². The number of aryl methyl sites for hydroxylation is 1. The van der Waals surface area contributed by atoms with Crippen molar-refractivity contribution in [2.24, 2.45) is 0 Å². The Morgan fingerprint density at radius 3 is 2.48 bits per heavy atom. The number of nitrogens with one attached hydrogen (secondary N) is 2. The van der Waals surface area contributed by atoms with E-state index in [0.717, 1.165) is 16.5 Å². The molecule has 7 nitrogen and oxygen atoms in total. The Bertz CT molecular complexity index is 1160. The summed E-state index contributed by atoms with van der Waals surface area (Å²) in [5, 5.41) is 3.97. The number of ether oxygens (including phenoxy) is 1. The standard InChI is InChI=1S/C23H27N3O4S/c1-16-14-26(15-17(2)30-16)31(28,29)20-10-8-19(9-11-20)25-23(27)12-7-18-13-24-22-6-4-3-5-21(18)22/h3-6,8-11,13,16-17,24H,7,12,14-15H2,1-2H3,(H,25,27). The van der Waals surface area contributed by atoms with Crippen LogP contribution in [0.4, 0.5) is 5.69 Å². The van der Waals surface area contributed by atoms with Crippen molar-refractivity contribution in [3.8, 4) is 0 Å². The molecule has 4 rings (SSSR count). The summed E-state index contributed by atoms with van der Waals surface area (Å²) in [6, 6.07) is 14.3. The second kappa shape index (κ2) is 8.82. The van der Waals surface area contributed by atoms with E-state index >= 15 is 0 Å². The highest BCUT2D eigenvalue weighted by molar-refractivity contribution is 7.89. The first-order chi connectivity index (χ1) is 14.8. The molecule has 1 amide bonds. The fraction of sp³-hybridized carbons (Fsp3) is 0.348. The Morgan fingerprint density at radius 2 is 1.77 bits per heavy atom. The first-order valence-electron chi connectivity index (χ1n) is 10.4. The van der Waals surface area contributed by atoms with E-state index in [1.807, 2.05) is 44.3 Å². The summed E-state index contributed by atoms with van der Waals surface area (Å²) in [5.74, 6) is -0.114. The number of fused-ring (bicyclic) bond motifs is 1. The number of carbonyl (C=O) groups excluding carboxylic acids is 1. The number of carbonyl (C=O) groups is 1. The second-order valence-corrected chi connectivity index (χ2v) is 9.95. The van der Waals surface area contributed by atoms with E-state index in [-0.39, 0.29) is 23.0 Å². The molecule has 3 aromatic rings. The summed E-state index contributed by atoms with van der Waals surface area (Å²) >= 11 is 0. The molecule has 1 aliphatic rings. The number of amides is 1. The minimum absolute atomic E-state index is 0.114. The summed E-state index contributed by atoms with van der Waals surface area (Å²) in [4.78, 5) is 15.8. The summed E-state index contributed by atoms with van der Waals surface area (Å²) in [6.07, 6.45) is 2.61. The lowest BCUT2D eigenvalue weighted by atomic mass is 10.1. The van der Waals surface area contributed by atoms with Crippen molar-refractivity contribution in [3.63, 3.8) is 0 Å². The highest BCUT2D eigenvalue weighted by Gasteiger charge is 2.32. The average Bonchev–Trinajstić information content (AvgIpc) is 3.15. The van der Waals surface area contributed by atoms with Crippen molar-refractivity contribution in [2.45, 2.75) is 43.8 Å². The van der Waals surface area contributed by atoms with Crippen molar-refractivity contribution < 1.29 is 17.9 Å². The Morgan fingerprint density at radius 1 is 1.10 bits per heavy atom. The van der Waals surface area contributed by atoms with Crippen LogP contribution in [0.2, 0.25) is 0 Å². The van der Waals surface area contributed by atoms with Gasteiger partial charge in [0.05, 0.1) is 17.1 Å². The first-order valence-corrected chi connectivity index (χ1v) is 11.9. The third-order valence-electron chi connectivity index (χ3n) is 5.46. The van der Waals surface area contributed by atoms with E-state index in [0.29, 0.717) is 31.6 Å². The lowest BCUT2D eigenvalue weighted by Gasteiger charge is -2.34. The number of hydrogen-bond acceptors (Lipinski definition) is 4. The lowest BCUT2D eigenvalue weighted by Crippen LogP contribution is -2.48. The third kappa shape index (κ3) is 4.81. The Labute approximate surface area is 182 Å². The summed E-state index contributed by atoms with van der Waals surface area (Å²) in [5.41, 5.74) is 2.73. The van der Waals surface area contributed by atoms with Gasteiger partial charge >= 0.3 is 0 Å². The van der Waals surface area contributed by atoms with Gasteiger partial charge in [-0.2, -0.15) is 4.31 Å². The number of anilines is 1. The molecule has 2 unspecified atom stereocenters. The first kappa shape index (κ1) is 21.5. The number of H-pyrrole nitrogens is 1. The minimum atomic E-state index is -3.60. The molecule has 0 aliphatic carbocycles. The molecule has 0 saturated carbocycles.